The van der Waals surface area contributed by atoms with Gasteiger partial charge in [0.1, 0.15) is 0 Å². The molecule has 0 unspecified atom stereocenters. The summed E-state index contributed by atoms with van der Waals surface area (Å²) in [6.07, 6.45) is 0. The molecule has 3 N–H and O–H groups in total. The molecule has 0 aliphatic carbocycles. The quantitative estimate of drug-likeness (QED) is 0.445. The summed E-state index contributed by atoms with van der Waals surface area (Å²) < 4.78 is 0. The highest BCUT2D eigenvalue weighted by Crippen LogP contribution is 2.23. The topological polar surface area (TPSA) is 86.9 Å². The van der Waals surface area contributed by atoms with E-state index in [1.807, 2.05) is 72.8 Å². The van der Waals surface area contributed by atoms with E-state index in [-0.39, 0.29) is 11.8 Å². The molecule has 4 aromatic rings. The van der Waals surface area contributed by atoms with E-state index in [1.165, 1.54) is 0 Å². The first-order chi connectivity index (χ1) is 14.2. The lowest BCUT2D eigenvalue weighted by Gasteiger charge is -2.11. The number of aromatic nitrogens is 2. The molecular weight excluding hydrogens is 364 g/mol. The van der Waals surface area contributed by atoms with Gasteiger partial charge in [-0.15, -0.1) is 0 Å². The summed E-state index contributed by atoms with van der Waals surface area (Å²) in [7, 11) is 0. The van der Waals surface area contributed by atoms with E-state index in [2.05, 4.69) is 20.8 Å². The molecule has 0 spiro atoms. The van der Waals surface area contributed by atoms with Crippen LogP contribution in [0.15, 0.2) is 78.9 Å². The van der Waals surface area contributed by atoms with Gasteiger partial charge in [0.05, 0.1) is 5.52 Å². The van der Waals surface area contributed by atoms with Crippen LogP contribution in [0.2, 0.25) is 0 Å². The zero-order valence-corrected chi connectivity index (χ0v) is 15.7. The third-order valence-corrected chi connectivity index (χ3v) is 4.64. The van der Waals surface area contributed by atoms with Crippen LogP contribution in [0.3, 0.4) is 0 Å². The molecule has 29 heavy (non-hydrogen) atoms. The van der Waals surface area contributed by atoms with Gasteiger partial charge in [0.25, 0.3) is 11.8 Å². The summed E-state index contributed by atoms with van der Waals surface area (Å²) in [4.78, 5) is 25.0. The summed E-state index contributed by atoms with van der Waals surface area (Å²) in [5.41, 5.74) is 3.61. The van der Waals surface area contributed by atoms with E-state index in [9.17, 15) is 9.59 Å². The third-order valence-electron chi connectivity index (χ3n) is 4.64. The van der Waals surface area contributed by atoms with Crippen molar-refractivity contribution in [3.8, 4) is 11.1 Å². The first kappa shape index (κ1) is 18.4. The fourth-order valence-electron chi connectivity index (χ4n) is 3.22. The number of para-hydroxylation sites is 1. The molecule has 0 atom stereocenters. The van der Waals surface area contributed by atoms with Gasteiger partial charge in [0, 0.05) is 24.0 Å². The number of rotatable bonds is 6. The summed E-state index contributed by atoms with van der Waals surface area (Å²) in [5, 5.41) is 13.3. The second kappa shape index (κ2) is 8.39. The van der Waals surface area contributed by atoms with Gasteiger partial charge in [-0.3, -0.25) is 14.7 Å². The van der Waals surface area contributed by atoms with E-state index < -0.39 is 0 Å². The van der Waals surface area contributed by atoms with Crippen LogP contribution in [-0.4, -0.2) is 35.1 Å². The Morgan fingerprint density at radius 2 is 1.41 bits per heavy atom. The Kier molecular flexibility index (Phi) is 5.33. The van der Waals surface area contributed by atoms with Gasteiger partial charge in [-0.1, -0.05) is 66.7 Å². The van der Waals surface area contributed by atoms with Crippen LogP contribution in [0.4, 0.5) is 0 Å². The lowest BCUT2D eigenvalue weighted by atomic mass is 9.99. The molecule has 3 aromatic carbocycles. The minimum absolute atomic E-state index is 0.177. The number of hydrogen-bond donors (Lipinski definition) is 3. The van der Waals surface area contributed by atoms with Crippen molar-refractivity contribution < 1.29 is 9.59 Å². The van der Waals surface area contributed by atoms with Gasteiger partial charge in [0.15, 0.2) is 5.69 Å². The second-order valence-electron chi connectivity index (χ2n) is 6.54. The Hall–Kier alpha value is -3.93. The van der Waals surface area contributed by atoms with Gasteiger partial charge in [-0.2, -0.15) is 5.10 Å². The van der Waals surface area contributed by atoms with Gasteiger partial charge >= 0.3 is 0 Å². The number of benzene rings is 3. The number of nitrogens with zero attached hydrogens (tertiary/aromatic N) is 1. The van der Waals surface area contributed by atoms with Crippen LogP contribution in [0.5, 0.6) is 0 Å². The lowest BCUT2D eigenvalue weighted by molar-refractivity contribution is 0.0926. The molecule has 0 bridgehead atoms. The number of fused-ring (bicyclic) bond motifs is 1. The maximum atomic E-state index is 12.6. The van der Waals surface area contributed by atoms with Crippen molar-refractivity contribution in [1.82, 2.24) is 20.8 Å². The number of nitrogens with one attached hydrogen (secondary N) is 3. The van der Waals surface area contributed by atoms with Crippen molar-refractivity contribution in [2.24, 2.45) is 0 Å². The van der Waals surface area contributed by atoms with Crippen molar-refractivity contribution in [2.75, 3.05) is 13.1 Å². The Balaban J connectivity index is 1.36. The summed E-state index contributed by atoms with van der Waals surface area (Å²) in [6.45, 7) is 0.620. The number of carbonyl (C=O) groups is 2. The number of amides is 2. The maximum absolute atomic E-state index is 12.6. The predicted molar refractivity (Wildman–Crippen MR) is 113 cm³/mol. The minimum atomic E-state index is -0.276. The Morgan fingerprint density at radius 1 is 0.759 bits per heavy atom. The second-order valence-corrected chi connectivity index (χ2v) is 6.54. The first-order valence-corrected chi connectivity index (χ1v) is 9.38. The van der Waals surface area contributed by atoms with Gasteiger partial charge in [0.2, 0.25) is 0 Å². The smallest absolute Gasteiger partial charge is 0.272 e. The molecule has 0 aliphatic heterocycles. The Bertz CT molecular complexity index is 1150. The van der Waals surface area contributed by atoms with Gasteiger partial charge < -0.3 is 10.6 Å². The van der Waals surface area contributed by atoms with Crippen molar-refractivity contribution in [2.45, 2.75) is 0 Å². The molecule has 0 aliphatic rings. The molecule has 0 saturated carbocycles. The van der Waals surface area contributed by atoms with Crippen LogP contribution in [0, 0.1) is 0 Å². The SMILES string of the molecule is O=C(NCCNC(=O)c1n[nH]c2ccccc12)c1ccccc1-c1ccccc1. The predicted octanol–water partition coefficient (Wildman–Crippen LogP) is 3.39. The summed E-state index contributed by atoms with van der Waals surface area (Å²) in [5.74, 6) is -0.453. The molecule has 0 saturated heterocycles. The molecule has 4 rings (SSSR count). The molecule has 1 aromatic heterocycles. The fourth-order valence-corrected chi connectivity index (χ4v) is 3.22. The molecular formula is C23H20N4O2. The van der Waals surface area contributed by atoms with Gasteiger partial charge in [-0.25, -0.2) is 0 Å². The molecule has 0 radical (unpaired) electrons. The normalized spacial score (nSPS) is 10.6. The van der Waals surface area contributed by atoms with E-state index in [1.54, 1.807) is 6.07 Å². The fraction of sp³-hybridized carbons (Fsp3) is 0.0870. The standard InChI is InChI=1S/C23H20N4O2/c28-22(18-11-5-4-10-17(18)16-8-2-1-3-9-16)24-14-15-25-23(29)21-19-12-6-7-13-20(19)26-27-21/h1-13H,14-15H2,(H,24,28)(H,25,29)(H,26,27). The highest BCUT2D eigenvalue weighted by atomic mass is 16.2. The van der Waals surface area contributed by atoms with Crippen molar-refractivity contribution in [3.63, 3.8) is 0 Å². The van der Waals surface area contributed by atoms with Crippen LogP contribution >= 0.6 is 0 Å². The van der Waals surface area contributed by atoms with Crippen molar-refractivity contribution >= 4 is 22.7 Å². The summed E-state index contributed by atoms with van der Waals surface area (Å²) >= 11 is 0. The van der Waals surface area contributed by atoms with E-state index >= 15 is 0 Å². The maximum Gasteiger partial charge on any atom is 0.272 e. The molecule has 6 heteroatoms. The zero-order valence-electron chi connectivity index (χ0n) is 15.7. The van der Waals surface area contributed by atoms with E-state index in [4.69, 9.17) is 0 Å². The average molecular weight is 384 g/mol. The third kappa shape index (κ3) is 4.01. The summed E-state index contributed by atoms with van der Waals surface area (Å²) in [6, 6.07) is 24.7. The molecule has 1 heterocycles. The van der Waals surface area contributed by atoms with Crippen molar-refractivity contribution in [1.29, 1.82) is 0 Å². The first-order valence-electron chi connectivity index (χ1n) is 9.38. The van der Waals surface area contributed by atoms with Crippen LogP contribution in [-0.2, 0) is 0 Å². The number of carbonyl (C=O) groups excluding carboxylic acids is 2. The molecule has 0 fully saturated rings. The zero-order chi connectivity index (χ0) is 20.1. The van der Waals surface area contributed by atoms with Gasteiger partial charge in [-0.05, 0) is 23.3 Å². The van der Waals surface area contributed by atoms with Crippen LogP contribution < -0.4 is 10.6 Å². The number of aromatic amines is 1. The highest BCUT2D eigenvalue weighted by molar-refractivity contribution is 6.04. The molecule has 2 amide bonds. The number of H-pyrrole nitrogens is 1. The molecule has 6 nitrogen and oxygen atoms in total. The number of hydrogen-bond acceptors (Lipinski definition) is 3. The Labute approximate surface area is 168 Å². The highest BCUT2D eigenvalue weighted by Gasteiger charge is 2.14. The Morgan fingerprint density at radius 3 is 2.24 bits per heavy atom. The largest absolute Gasteiger partial charge is 0.350 e. The van der Waals surface area contributed by atoms with Crippen LogP contribution in [0.1, 0.15) is 20.8 Å². The molecule has 144 valence electrons. The van der Waals surface area contributed by atoms with Crippen molar-refractivity contribution in [3.05, 3.63) is 90.1 Å². The minimum Gasteiger partial charge on any atom is -0.350 e. The lowest BCUT2D eigenvalue weighted by Crippen LogP contribution is -2.35. The monoisotopic (exact) mass is 384 g/mol. The van der Waals surface area contributed by atoms with E-state index in [0.717, 1.165) is 22.0 Å². The average Bonchev–Trinajstić information content (AvgIpc) is 3.21. The van der Waals surface area contributed by atoms with Crippen LogP contribution in [0.25, 0.3) is 22.0 Å². The van der Waals surface area contributed by atoms with E-state index in [0.29, 0.717) is 24.3 Å².